The third-order valence-electron chi connectivity index (χ3n) is 4.62. The average molecular weight is 384 g/mol. The Morgan fingerprint density at radius 2 is 1.93 bits per heavy atom. The van der Waals surface area contributed by atoms with Crippen LogP contribution < -0.4 is 15.8 Å². The number of nitrogens with zero attached hydrogens (tertiary/aromatic N) is 4. The number of nitrogens with two attached hydrogens (primary N) is 1. The molecule has 0 aliphatic rings. The number of hydrogen-bond donors (Lipinski definition) is 2. The Balaban J connectivity index is 2.05. The summed E-state index contributed by atoms with van der Waals surface area (Å²) in [5.74, 6) is 2.84. The van der Waals surface area contributed by atoms with Gasteiger partial charge in [0.2, 0.25) is 0 Å². The van der Waals surface area contributed by atoms with E-state index in [0.29, 0.717) is 36.8 Å². The Bertz CT molecular complexity index is 907. The van der Waals surface area contributed by atoms with E-state index in [9.17, 15) is 0 Å². The van der Waals surface area contributed by atoms with Gasteiger partial charge in [0.05, 0.1) is 13.7 Å². The molecular formula is C20H28N6O2. The quantitative estimate of drug-likeness (QED) is 0.518. The molecule has 0 saturated heterocycles. The summed E-state index contributed by atoms with van der Waals surface area (Å²) in [5, 5.41) is 11.7. The summed E-state index contributed by atoms with van der Waals surface area (Å²) in [6, 6.07) is 8.05. The minimum atomic E-state index is 0.346. The number of aromatic nitrogens is 4. The first-order valence-electron chi connectivity index (χ1n) is 9.54. The number of anilines is 2. The molecule has 2 aromatic heterocycles. The summed E-state index contributed by atoms with van der Waals surface area (Å²) < 4.78 is 12.6. The van der Waals surface area contributed by atoms with Crippen molar-refractivity contribution in [3.63, 3.8) is 0 Å². The molecule has 0 saturated carbocycles. The van der Waals surface area contributed by atoms with Crippen LogP contribution in [0.15, 0.2) is 24.3 Å². The molecule has 3 aromatic rings. The Hall–Kier alpha value is -2.87. The zero-order valence-corrected chi connectivity index (χ0v) is 16.7. The molecule has 0 radical (unpaired) electrons. The molecule has 28 heavy (non-hydrogen) atoms. The molecule has 8 nitrogen and oxygen atoms in total. The van der Waals surface area contributed by atoms with E-state index in [2.05, 4.69) is 39.1 Å². The SMILES string of the molecule is CCCCc1nc2c(N)nnc(NCCOC)c2n1Cc1ccc(OC)cc1. The first kappa shape index (κ1) is 19.9. The second-order valence-corrected chi connectivity index (χ2v) is 6.62. The molecule has 0 spiro atoms. The lowest BCUT2D eigenvalue weighted by atomic mass is 10.2. The molecule has 150 valence electrons. The largest absolute Gasteiger partial charge is 0.497 e. The second-order valence-electron chi connectivity index (χ2n) is 6.62. The van der Waals surface area contributed by atoms with Crippen molar-refractivity contribution in [1.82, 2.24) is 19.7 Å². The summed E-state index contributed by atoms with van der Waals surface area (Å²) in [4.78, 5) is 4.81. The van der Waals surface area contributed by atoms with Gasteiger partial charge in [-0.1, -0.05) is 25.5 Å². The summed E-state index contributed by atoms with van der Waals surface area (Å²) in [6.45, 7) is 4.04. The van der Waals surface area contributed by atoms with Crippen molar-refractivity contribution in [3.05, 3.63) is 35.7 Å². The van der Waals surface area contributed by atoms with Crippen LogP contribution >= 0.6 is 0 Å². The molecule has 0 aliphatic heterocycles. The number of nitrogen functional groups attached to an aromatic ring is 1. The fourth-order valence-electron chi connectivity index (χ4n) is 3.12. The van der Waals surface area contributed by atoms with Gasteiger partial charge in [-0.15, -0.1) is 10.2 Å². The number of unbranched alkanes of at least 4 members (excludes halogenated alkanes) is 1. The van der Waals surface area contributed by atoms with Gasteiger partial charge in [0.25, 0.3) is 0 Å². The van der Waals surface area contributed by atoms with Gasteiger partial charge < -0.3 is 25.1 Å². The minimum Gasteiger partial charge on any atom is -0.497 e. The zero-order valence-electron chi connectivity index (χ0n) is 16.7. The molecule has 0 atom stereocenters. The van der Waals surface area contributed by atoms with Gasteiger partial charge >= 0.3 is 0 Å². The lowest BCUT2D eigenvalue weighted by Crippen LogP contribution is -2.13. The Morgan fingerprint density at radius 1 is 1.14 bits per heavy atom. The number of methoxy groups -OCH3 is 2. The summed E-state index contributed by atoms with van der Waals surface area (Å²) in [5.41, 5.74) is 8.82. The zero-order chi connectivity index (χ0) is 19.9. The van der Waals surface area contributed by atoms with Crippen LogP contribution in [0.3, 0.4) is 0 Å². The number of ether oxygens (including phenoxy) is 2. The number of hydrogen-bond acceptors (Lipinski definition) is 7. The van der Waals surface area contributed by atoms with Gasteiger partial charge in [0.15, 0.2) is 11.6 Å². The van der Waals surface area contributed by atoms with Crippen LogP contribution in [0.1, 0.15) is 31.2 Å². The van der Waals surface area contributed by atoms with Gasteiger partial charge in [0.1, 0.15) is 22.6 Å². The van der Waals surface area contributed by atoms with Crippen LogP contribution in [0, 0.1) is 0 Å². The predicted molar refractivity (Wildman–Crippen MR) is 111 cm³/mol. The van der Waals surface area contributed by atoms with E-state index in [0.717, 1.165) is 41.9 Å². The van der Waals surface area contributed by atoms with E-state index in [4.69, 9.17) is 20.2 Å². The van der Waals surface area contributed by atoms with E-state index in [1.165, 1.54) is 0 Å². The monoisotopic (exact) mass is 384 g/mol. The fourth-order valence-corrected chi connectivity index (χ4v) is 3.12. The summed E-state index contributed by atoms with van der Waals surface area (Å²) in [7, 11) is 3.34. The highest BCUT2D eigenvalue weighted by atomic mass is 16.5. The number of benzene rings is 1. The molecule has 0 aliphatic carbocycles. The first-order valence-corrected chi connectivity index (χ1v) is 9.54. The standard InChI is InChI=1S/C20H28N6O2/c1-4-5-6-16-23-17-18(20(22-11-12-27-2)25-24-19(17)21)26(16)13-14-7-9-15(28-3)10-8-14/h7-10H,4-6,11-13H2,1-3H3,(H2,21,24)(H,22,25). The Labute approximate surface area is 165 Å². The molecule has 3 N–H and O–H groups in total. The highest BCUT2D eigenvalue weighted by molar-refractivity contribution is 5.93. The molecule has 2 heterocycles. The van der Waals surface area contributed by atoms with E-state index in [1.807, 2.05) is 12.1 Å². The summed E-state index contributed by atoms with van der Waals surface area (Å²) in [6.07, 6.45) is 3.02. The molecule has 0 bridgehead atoms. The third kappa shape index (κ3) is 4.33. The highest BCUT2D eigenvalue weighted by Crippen LogP contribution is 2.28. The van der Waals surface area contributed by atoms with Crippen molar-refractivity contribution in [3.8, 4) is 5.75 Å². The van der Waals surface area contributed by atoms with E-state index in [1.54, 1.807) is 14.2 Å². The maximum absolute atomic E-state index is 6.10. The molecule has 0 amide bonds. The van der Waals surface area contributed by atoms with Gasteiger partial charge in [-0.05, 0) is 24.1 Å². The van der Waals surface area contributed by atoms with Gasteiger partial charge in [-0.3, -0.25) is 0 Å². The molecular weight excluding hydrogens is 356 g/mol. The average Bonchev–Trinajstić information content (AvgIpc) is 3.08. The minimum absolute atomic E-state index is 0.346. The Kier molecular flexibility index (Phi) is 6.65. The number of rotatable bonds is 10. The highest BCUT2D eigenvalue weighted by Gasteiger charge is 2.18. The van der Waals surface area contributed by atoms with Crippen molar-refractivity contribution < 1.29 is 9.47 Å². The fraction of sp³-hybridized carbons (Fsp3) is 0.450. The maximum atomic E-state index is 6.10. The smallest absolute Gasteiger partial charge is 0.175 e. The van der Waals surface area contributed by atoms with Crippen molar-refractivity contribution in [2.24, 2.45) is 0 Å². The van der Waals surface area contributed by atoms with E-state index < -0.39 is 0 Å². The predicted octanol–water partition coefficient (Wildman–Crippen LogP) is 2.87. The first-order chi connectivity index (χ1) is 13.7. The van der Waals surface area contributed by atoms with Gasteiger partial charge in [-0.25, -0.2) is 4.98 Å². The molecule has 0 unspecified atom stereocenters. The molecule has 3 rings (SSSR count). The van der Waals surface area contributed by atoms with Crippen LogP contribution in [0.25, 0.3) is 11.0 Å². The maximum Gasteiger partial charge on any atom is 0.175 e. The number of fused-ring (bicyclic) bond motifs is 1. The van der Waals surface area contributed by atoms with Crippen LogP contribution in [-0.4, -0.2) is 47.1 Å². The molecule has 8 heteroatoms. The van der Waals surface area contributed by atoms with E-state index >= 15 is 0 Å². The Morgan fingerprint density at radius 3 is 2.61 bits per heavy atom. The van der Waals surface area contributed by atoms with E-state index in [-0.39, 0.29) is 0 Å². The number of nitrogens with one attached hydrogen (secondary N) is 1. The van der Waals surface area contributed by atoms with Crippen LogP contribution in [0.5, 0.6) is 5.75 Å². The van der Waals surface area contributed by atoms with Crippen molar-refractivity contribution in [2.45, 2.75) is 32.7 Å². The summed E-state index contributed by atoms with van der Waals surface area (Å²) >= 11 is 0. The number of imidazole rings is 1. The van der Waals surface area contributed by atoms with Gasteiger partial charge in [-0.2, -0.15) is 0 Å². The molecule has 0 fully saturated rings. The topological polar surface area (TPSA) is 100 Å². The van der Waals surface area contributed by atoms with Crippen LogP contribution in [-0.2, 0) is 17.7 Å². The van der Waals surface area contributed by atoms with Crippen molar-refractivity contribution >= 4 is 22.7 Å². The van der Waals surface area contributed by atoms with Crippen molar-refractivity contribution in [1.29, 1.82) is 0 Å². The normalized spacial score (nSPS) is 11.1. The lowest BCUT2D eigenvalue weighted by molar-refractivity contribution is 0.210. The van der Waals surface area contributed by atoms with Crippen LogP contribution in [0.4, 0.5) is 11.6 Å². The second kappa shape index (κ2) is 9.36. The van der Waals surface area contributed by atoms with Crippen LogP contribution in [0.2, 0.25) is 0 Å². The third-order valence-corrected chi connectivity index (χ3v) is 4.62. The van der Waals surface area contributed by atoms with Crippen molar-refractivity contribution in [2.75, 3.05) is 38.4 Å². The number of aryl methyl sites for hydroxylation is 1. The molecule has 1 aromatic carbocycles. The lowest BCUT2D eigenvalue weighted by Gasteiger charge is -2.13. The van der Waals surface area contributed by atoms with Gasteiger partial charge in [0, 0.05) is 26.6 Å².